The number of pyridine rings is 1. The number of aromatic nitrogens is 1. The van der Waals surface area contributed by atoms with E-state index in [2.05, 4.69) is 45.5 Å². The summed E-state index contributed by atoms with van der Waals surface area (Å²) in [4.78, 5) is 6.89. The molecule has 2 heterocycles. The van der Waals surface area contributed by atoms with Gasteiger partial charge in [0.2, 0.25) is 0 Å². The van der Waals surface area contributed by atoms with Gasteiger partial charge in [-0.05, 0) is 11.5 Å². The number of nitrogens with one attached hydrogen (secondary N) is 1. The van der Waals surface area contributed by atoms with Crippen LogP contribution in [0.4, 0.5) is 5.82 Å². The van der Waals surface area contributed by atoms with Crippen molar-refractivity contribution in [2.75, 3.05) is 31.1 Å². The maximum absolute atomic E-state index is 4.53. The van der Waals surface area contributed by atoms with E-state index >= 15 is 0 Å². The molecular weight excluding hydrogens is 234 g/mol. The molecule has 1 saturated heterocycles. The van der Waals surface area contributed by atoms with Crippen molar-refractivity contribution in [3.8, 4) is 0 Å². The first-order chi connectivity index (χ1) is 7.95. The van der Waals surface area contributed by atoms with Crippen LogP contribution in [0.2, 0.25) is 0 Å². The van der Waals surface area contributed by atoms with Crippen LogP contribution >= 0.6 is 12.4 Å². The summed E-state index contributed by atoms with van der Waals surface area (Å²) in [6, 6.07) is 10.5. The van der Waals surface area contributed by atoms with E-state index in [0.717, 1.165) is 32.0 Å². The standard InChI is InChI=1S/C13H15N3.ClH/c1-2-4-12-11(3-1)5-6-15-13(12)16-9-7-14-8-10-16;/h1-6,14H,7-10H2;1H. The Balaban J connectivity index is 0.00000108. The molecule has 17 heavy (non-hydrogen) atoms. The first kappa shape index (κ1) is 12.1. The molecule has 0 bridgehead atoms. The number of hydrogen-bond acceptors (Lipinski definition) is 3. The number of fused-ring (bicyclic) bond motifs is 1. The van der Waals surface area contributed by atoms with E-state index in [0.29, 0.717) is 0 Å². The molecule has 90 valence electrons. The molecule has 0 aliphatic carbocycles. The minimum atomic E-state index is 0. The van der Waals surface area contributed by atoms with Crippen LogP contribution in [0.5, 0.6) is 0 Å². The number of piperazine rings is 1. The highest BCUT2D eigenvalue weighted by atomic mass is 35.5. The predicted molar refractivity (Wildman–Crippen MR) is 74.1 cm³/mol. The number of hydrogen-bond donors (Lipinski definition) is 1. The molecule has 1 fully saturated rings. The SMILES string of the molecule is Cl.c1ccc2c(N3CCNCC3)nccc2c1. The summed E-state index contributed by atoms with van der Waals surface area (Å²) in [5, 5.41) is 5.89. The van der Waals surface area contributed by atoms with Gasteiger partial charge in [0, 0.05) is 37.8 Å². The van der Waals surface area contributed by atoms with E-state index < -0.39 is 0 Å². The molecule has 0 unspecified atom stereocenters. The van der Waals surface area contributed by atoms with Crippen LogP contribution in [0, 0.1) is 0 Å². The van der Waals surface area contributed by atoms with Gasteiger partial charge in [-0.15, -0.1) is 12.4 Å². The number of halogens is 1. The highest BCUT2D eigenvalue weighted by Crippen LogP contribution is 2.23. The van der Waals surface area contributed by atoms with Crippen molar-refractivity contribution in [1.29, 1.82) is 0 Å². The van der Waals surface area contributed by atoms with Gasteiger partial charge < -0.3 is 10.2 Å². The van der Waals surface area contributed by atoms with Gasteiger partial charge in [-0.1, -0.05) is 24.3 Å². The van der Waals surface area contributed by atoms with Gasteiger partial charge in [-0.25, -0.2) is 4.98 Å². The average Bonchev–Trinajstić information content (AvgIpc) is 2.39. The molecule has 0 radical (unpaired) electrons. The fourth-order valence-electron chi connectivity index (χ4n) is 2.23. The van der Waals surface area contributed by atoms with Crippen LogP contribution in [-0.2, 0) is 0 Å². The molecule has 0 amide bonds. The quantitative estimate of drug-likeness (QED) is 0.839. The van der Waals surface area contributed by atoms with Gasteiger partial charge in [0.25, 0.3) is 0 Å². The molecule has 3 rings (SSSR count). The molecule has 0 saturated carbocycles. The molecule has 2 aromatic rings. The molecule has 0 atom stereocenters. The summed E-state index contributed by atoms with van der Waals surface area (Å²) in [6.45, 7) is 4.18. The van der Waals surface area contributed by atoms with Crippen molar-refractivity contribution in [3.05, 3.63) is 36.5 Å². The minimum absolute atomic E-state index is 0. The largest absolute Gasteiger partial charge is 0.354 e. The van der Waals surface area contributed by atoms with Crippen LogP contribution in [0.1, 0.15) is 0 Å². The lowest BCUT2D eigenvalue weighted by Gasteiger charge is -2.29. The third-order valence-corrected chi connectivity index (χ3v) is 3.07. The zero-order chi connectivity index (χ0) is 10.8. The van der Waals surface area contributed by atoms with Crippen molar-refractivity contribution >= 4 is 29.0 Å². The zero-order valence-corrected chi connectivity index (χ0v) is 10.4. The molecule has 1 aromatic heterocycles. The fraction of sp³-hybridized carbons (Fsp3) is 0.308. The molecule has 3 nitrogen and oxygen atoms in total. The van der Waals surface area contributed by atoms with Crippen molar-refractivity contribution in [2.45, 2.75) is 0 Å². The molecule has 1 aliphatic rings. The third-order valence-electron chi connectivity index (χ3n) is 3.07. The van der Waals surface area contributed by atoms with E-state index in [-0.39, 0.29) is 12.4 Å². The molecule has 0 spiro atoms. The van der Waals surface area contributed by atoms with Gasteiger partial charge in [0.05, 0.1) is 0 Å². The number of nitrogens with zero attached hydrogens (tertiary/aromatic N) is 2. The Morgan fingerprint density at radius 2 is 1.82 bits per heavy atom. The second-order valence-electron chi connectivity index (χ2n) is 4.09. The highest BCUT2D eigenvalue weighted by molar-refractivity contribution is 5.92. The van der Waals surface area contributed by atoms with E-state index in [1.807, 2.05) is 6.20 Å². The Morgan fingerprint density at radius 3 is 2.65 bits per heavy atom. The van der Waals surface area contributed by atoms with E-state index in [1.54, 1.807) is 0 Å². The summed E-state index contributed by atoms with van der Waals surface area (Å²) in [5.41, 5.74) is 0. The summed E-state index contributed by atoms with van der Waals surface area (Å²) in [5.74, 6) is 1.12. The van der Waals surface area contributed by atoms with E-state index in [1.165, 1.54) is 10.8 Å². The molecular formula is C13H16ClN3. The van der Waals surface area contributed by atoms with Crippen LogP contribution in [0.3, 0.4) is 0 Å². The van der Waals surface area contributed by atoms with Gasteiger partial charge in [-0.3, -0.25) is 0 Å². The Hall–Kier alpha value is -1.32. The van der Waals surface area contributed by atoms with E-state index in [4.69, 9.17) is 0 Å². The van der Waals surface area contributed by atoms with Gasteiger partial charge in [-0.2, -0.15) is 0 Å². The van der Waals surface area contributed by atoms with Crippen LogP contribution in [-0.4, -0.2) is 31.2 Å². The fourth-order valence-corrected chi connectivity index (χ4v) is 2.23. The lowest BCUT2D eigenvalue weighted by atomic mass is 10.1. The molecule has 1 N–H and O–H groups in total. The van der Waals surface area contributed by atoms with Crippen molar-refractivity contribution in [2.24, 2.45) is 0 Å². The lowest BCUT2D eigenvalue weighted by Crippen LogP contribution is -2.43. The summed E-state index contributed by atoms with van der Waals surface area (Å²) < 4.78 is 0. The maximum Gasteiger partial charge on any atom is 0.136 e. The second-order valence-corrected chi connectivity index (χ2v) is 4.09. The second kappa shape index (κ2) is 5.34. The lowest BCUT2D eigenvalue weighted by molar-refractivity contribution is 0.586. The first-order valence-corrected chi connectivity index (χ1v) is 5.74. The van der Waals surface area contributed by atoms with Crippen molar-refractivity contribution in [1.82, 2.24) is 10.3 Å². The summed E-state index contributed by atoms with van der Waals surface area (Å²) in [7, 11) is 0. The predicted octanol–water partition coefficient (Wildman–Crippen LogP) is 2.07. The van der Waals surface area contributed by atoms with Gasteiger partial charge in [0.15, 0.2) is 0 Å². The molecule has 1 aromatic carbocycles. The van der Waals surface area contributed by atoms with Crippen LogP contribution in [0.25, 0.3) is 10.8 Å². The summed E-state index contributed by atoms with van der Waals surface area (Å²) in [6.07, 6.45) is 1.90. The van der Waals surface area contributed by atoms with Gasteiger partial charge >= 0.3 is 0 Å². The van der Waals surface area contributed by atoms with E-state index in [9.17, 15) is 0 Å². The smallest absolute Gasteiger partial charge is 0.136 e. The summed E-state index contributed by atoms with van der Waals surface area (Å²) >= 11 is 0. The van der Waals surface area contributed by atoms with Gasteiger partial charge in [0.1, 0.15) is 5.82 Å². The Bertz CT molecular complexity index is 489. The molecule has 4 heteroatoms. The van der Waals surface area contributed by atoms with Crippen LogP contribution in [0.15, 0.2) is 36.5 Å². The Morgan fingerprint density at radius 1 is 1.06 bits per heavy atom. The third kappa shape index (κ3) is 2.35. The van der Waals surface area contributed by atoms with Crippen molar-refractivity contribution in [3.63, 3.8) is 0 Å². The normalized spacial score (nSPS) is 15.6. The van der Waals surface area contributed by atoms with Crippen LogP contribution < -0.4 is 10.2 Å². The topological polar surface area (TPSA) is 28.2 Å². The highest BCUT2D eigenvalue weighted by Gasteiger charge is 2.13. The monoisotopic (exact) mass is 249 g/mol. The number of benzene rings is 1. The number of rotatable bonds is 1. The maximum atomic E-state index is 4.53. The zero-order valence-electron chi connectivity index (χ0n) is 9.60. The Kier molecular flexibility index (Phi) is 3.82. The Labute approximate surface area is 107 Å². The first-order valence-electron chi connectivity index (χ1n) is 5.74. The average molecular weight is 250 g/mol. The molecule has 1 aliphatic heterocycles. The van der Waals surface area contributed by atoms with Crippen molar-refractivity contribution < 1.29 is 0 Å². The number of anilines is 1. The minimum Gasteiger partial charge on any atom is -0.354 e.